The molecule has 4 saturated carbocycles. The molecular weight excluding hydrogens is 392 g/mol. The van der Waals surface area contributed by atoms with Gasteiger partial charge < -0.3 is 14.6 Å². The largest absolute Gasteiger partial charge is 0.463 e. The molecule has 0 heterocycles. The number of fused-ring (bicyclic) bond motifs is 5. The van der Waals surface area contributed by atoms with Gasteiger partial charge in [-0.3, -0.25) is 9.59 Å². The Morgan fingerprint density at radius 3 is 2.32 bits per heavy atom. The molecule has 0 amide bonds. The zero-order valence-electron chi connectivity index (χ0n) is 19.9. The maximum atomic E-state index is 12.5. The van der Waals surface area contributed by atoms with Gasteiger partial charge in [-0.1, -0.05) is 13.8 Å². The molecule has 0 aromatic heterocycles. The second kappa shape index (κ2) is 8.68. The zero-order chi connectivity index (χ0) is 22.4. The minimum Gasteiger partial charge on any atom is -0.463 e. The Labute approximate surface area is 187 Å². The van der Waals surface area contributed by atoms with Gasteiger partial charge in [-0.2, -0.15) is 0 Å². The first-order chi connectivity index (χ1) is 14.6. The van der Waals surface area contributed by atoms with Crippen molar-refractivity contribution >= 4 is 11.9 Å². The molecule has 176 valence electrons. The smallest absolute Gasteiger partial charge is 0.306 e. The second-order valence-electron chi connectivity index (χ2n) is 11.7. The van der Waals surface area contributed by atoms with Crippen LogP contribution in [0.4, 0.5) is 0 Å². The fourth-order valence-electron chi connectivity index (χ4n) is 8.12. The standard InChI is InChI=1S/C26H42O5/c1-16(2)30-23(28)9-10-24(29)31-22-8-7-20-19-6-5-17-15-18(27)11-13-25(17,3)21(19)12-14-26(20,22)4/h16-22,27H,5-15H2,1-4H3/t17-,18-,19+,20+,21+,22+,25+,26+/m1/s1. The Bertz CT molecular complexity index is 689. The Morgan fingerprint density at radius 2 is 1.58 bits per heavy atom. The van der Waals surface area contributed by atoms with E-state index in [0.717, 1.165) is 50.4 Å². The summed E-state index contributed by atoms with van der Waals surface area (Å²) in [7, 11) is 0. The summed E-state index contributed by atoms with van der Waals surface area (Å²) in [6.07, 6.45) is 9.97. The molecule has 0 aromatic carbocycles. The van der Waals surface area contributed by atoms with E-state index >= 15 is 0 Å². The fourth-order valence-corrected chi connectivity index (χ4v) is 8.12. The van der Waals surface area contributed by atoms with Gasteiger partial charge in [0.1, 0.15) is 6.10 Å². The van der Waals surface area contributed by atoms with Gasteiger partial charge in [0.05, 0.1) is 25.0 Å². The van der Waals surface area contributed by atoms with Gasteiger partial charge in [0.2, 0.25) is 0 Å². The number of carbonyl (C=O) groups excluding carboxylic acids is 2. The van der Waals surface area contributed by atoms with Crippen molar-refractivity contribution in [2.75, 3.05) is 0 Å². The van der Waals surface area contributed by atoms with E-state index in [1.54, 1.807) is 0 Å². The third-order valence-corrected chi connectivity index (χ3v) is 9.73. The highest BCUT2D eigenvalue weighted by Gasteiger charge is 2.61. The molecule has 4 aliphatic rings. The number of ether oxygens (including phenoxy) is 2. The first-order valence-electron chi connectivity index (χ1n) is 12.7. The number of rotatable bonds is 5. The Hall–Kier alpha value is -1.10. The van der Waals surface area contributed by atoms with Crippen molar-refractivity contribution in [3.8, 4) is 0 Å². The predicted octanol–water partition coefficient (Wildman–Crippen LogP) is 5.03. The van der Waals surface area contributed by atoms with Crippen LogP contribution in [0.5, 0.6) is 0 Å². The number of hydrogen-bond acceptors (Lipinski definition) is 5. The number of hydrogen-bond donors (Lipinski definition) is 1. The highest BCUT2D eigenvalue weighted by molar-refractivity contribution is 5.77. The van der Waals surface area contributed by atoms with Crippen LogP contribution in [0.15, 0.2) is 0 Å². The van der Waals surface area contributed by atoms with Crippen molar-refractivity contribution in [3.05, 3.63) is 0 Å². The predicted molar refractivity (Wildman–Crippen MR) is 118 cm³/mol. The van der Waals surface area contributed by atoms with E-state index in [4.69, 9.17) is 9.47 Å². The van der Waals surface area contributed by atoms with E-state index < -0.39 is 0 Å². The van der Waals surface area contributed by atoms with Gasteiger partial charge in [0, 0.05) is 5.41 Å². The summed E-state index contributed by atoms with van der Waals surface area (Å²) in [5.74, 6) is 2.18. The first-order valence-corrected chi connectivity index (χ1v) is 12.7. The number of aliphatic hydroxyl groups is 1. The van der Waals surface area contributed by atoms with Crippen molar-refractivity contribution in [1.29, 1.82) is 0 Å². The molecular formula is C26H42O5. The molecule has 8 atom stereocenters. The minimum atomic E-state index is -0.328. The van der Waals surface area contributed by atoms with Crippen LogP contribution < -0.4 is 0 Å². The van der Waals surface area contributed by atoms with Crippen LogP contribution in [0.3, 0.4) is 0 Å². The van der Waals surface area contributed by atoms with Crippen LogP contribution in [-0.2, 0) is 19.1 Å². The lowest BCUT2D eigenvalue weighted by molar-refractivity contribution is -0.167. The lowest BCUT2D eigenvalue weighted by atomic mass is 9.45. The molecule has 0 radical (unpaired) electrons. The SMILES string of the molecule is CC(C)OC(=O)CCC(=O)O[C@H]1CC[C@H]2[C@@H]3CC[C@@H]4C[C@H](O)CC[C@]4(C)[C@H]3CC[C@]12C. The molecule has 0 unspecified atom stereocenters. The molecule has 5 nitrogen and oxygen atoms in total. The summed E-state index contributed by atoms with van der Waals surface area (Å²) in [5.41, 5.74) is 0.432. The molecule has 31 heavy (non-hydrogen) atoms. The van der Waals surface area contributed by atoms with Crippen LogP contribution >= 0.6 is 0 Å². The van der Waals surface area contributed by atoms with Crippen molar-refractivity contribution in [3.63, 3.8) is 0 Å². The van der Waals surface area contributed by atoms with Crippen LogP contribution in [0, 0.1) is 34.5 Å². The Kier molecular flexibility index (Phi) is 6.46. The van der Waals surface area contributed by atoms with Gasteiger partial charge in [-0.25, -0.2) is 0 Å². The second-order valence-corrected chi connectivity index (χ2v) is 11.7. The van der Waals surface area contributed by atoms with Crippen LogP contribution in [-0.4, -0.2) is 35.4 Å². The zero-order valence-corrected chi connectivity index (χ0v) is 19.9. The van der Waals surface area contributed by atoms with E-state index in [1.165, 1.54) is 19.3 Å². The molecule has 4 fully saturated rings. The van der Waals surface area contributed by atoms with Crippen LogP contribution in [0.1, 0.15) is 98.3 Å². The van der Waals surface area contributed by atoms with E-state index in [0.29, 0.717) is 17.3 Å². The lowest BCUT2D eigenvalue weighted by Crippen LogP contribution is -2.54. The van der Waals surface area contributed by atoms with Crippen molar-refractivity contribution in [2.24, 2.45) is 34.5 Å². The average molecular weight is 435 g/mol. The van der Waals surface area contributed by atoms with Crippen LogP contribution in [0.25, 0.3) is 0 Å². The number of esters is 2. The molecule has 1 N–H and O–H groups in total. The summed E-state index contributed by atoms with van der Waals surface area (Å²) in [6.45, 7) is 8.49. The Morgan fingerprint density at radius 1 is 0.903 bits per heavy atom. The molecule has 0 bridgehead atoms. The summed E-state index contributed by atoms with van der Waals surface area (Å²) in [4.78, 5) is 24.3. The highest BCUT2D eigenvalue weighted by atomic mass is 16.6. The molecule has 5 heteroatoms. The fraction of sp³-hybridized carbons (Fsp3) is 0.923. The Balaban J connectivity index is 1.38. The number of aliphatic hydroxyl groups excluding tert-OH is 1. The maximum absolute atomic E-state index is 12.5. The normalized spacial score (nSPS) is 44.2. The summed E-state index contributed by atoms with van der Waals surface area (Å²) < 4.78 is 11.1. The quantitative estimate of drug-likeness (QED) is 0.614. The summed E-state index contributed by atoms with van der Waals surface area (Å²) in [6, 6.07) is 0. The first kappa shape index (κ1) is 23.1. The summed E-state index contributed by atoms with van der Waals surface area (Å²) >= 11 is 0. The monoisotopic (exact) mass is 434 g/mol. The highest BCUT2D eigenvalue weighted by Crippen LogP contribution is 2.66. The topological polar surface area (TPSA) is 72.8 Å². The van der Waals surface area contributed by atoms with E-state index in [1.807, 2.05) is 13.8 Å². The van der Waals surface area contributed by atoms with Gasteiger partial charge in [0.25, 0.3) is 0 Å². The minimum absolute atomic E-state index is 0.0224. The van der Waals surface area contributed by atoms with Crippen molar-refractivity contribution in [2.45, 2.75) is 117 Å². The maximum Gasteiger partial charge on any atom is 0.306 e. The van der Waals surface area contributed by atoms with Crippen molar-refractivity contribution < 1.29 is 24.2 Å². The van der Waals surface area contributed by atoms with Gasteiger partial charge in [-0.05, 0) is 101 Å². The van der Waals surface area contributed by atoms with E-state index in [-0.39, 0.29) is 48.5 Å². The van der Waals surface area contributed by atoms with Crippen molar-refractivity contribution in [1.82, 2.24) is 0 Å². The molecule has 4 rings (SSSR count). The third-order valence-electron chi connectivity index (χ3n) is 9.73. The summed E-state index contributed by atoms with van der Waals surface area (Å²) in [5, 5.41) is 10.2. The number of carbonyl (C=O) groups is 2. The molecule has 0 saturated heterocycles. The van der Waals surface area contributed by atoms with Gasteiger partial charge >= 0.3 is 11.9 Å². The third kappa shape index (κ3) is 4.28. The molecule has 4 aliphatic carbocycles. The van der Waals surface area contributed by atoms with E-state index in [2.05, 4.69) is 13.8 Å². The average Bonchev–Trinajstić information content (AvgIpc) is 3.03. The molecule has 0 spiro atoms. The molecule has 0 aromatic rings. The van der Waals surface area contributed by atoms with Gasteiger partial charge in [-0.15, -0.1) is 0 Å². The molecule has 0 aliphatic heterocycles. The van der Waals surface area contributed by atoms with Gasteiger partial charge in [0.15, 0.2) is 0 Å². The van der Waals surface area contributed by atoms with Crippen LogP contribution in [0.2, 0.25) is 0 Å². The van der Waals surface area contributed by atoms with E-state index in [9.17, 15) is 14.7 Å². The lowest BCUT2D eigenvalue weighted by Gasteiger charge is -2.60.